The topological polar surface area (TPSA) is 80.7 Å². The highest BCUT2D eigenvalue weighted by Gasteiger charge is 2.77. The Hall–Kier alpha value is -1.82. The number of halogens is 1. The summed E-state index contributed by atoms with van der Waals surface area (Å²) >= 11 is 0. The average Bonchev–Trinajstić information content (AvgIpc) is 2.94. The fourth-order valence-electron chi connectivity index (χ4n) is 8.39. The molecule has 3 saturated carbocycles. The zero-order chi connectivity index (χ0) is 24.6. The van der Waals surface area contributed by atoms with E-state index in [1.54, 1.807) is 13.0 Å². The van der Waals surface area contributed by atoms with Gasteiger partial charge in [0.25, 0.3) is 0 Å². The number of fused-ring (bicyclic) bond motifs is 5. The van der Waals surface area contributed by atoms with Crippen LogP contribution >= 0.6 is 0 Å². The van der Waals surface area contributed by atoms with Gasteiger partial charge in [-0.25, -0.2) is 4.39 Å². The molecule has 0 amide bonds. The smallest absolute Gasteiger partial charge is 0.306 e. The first-order valence-corrected chi connectivity index (χ1v) is 12.3. The summed E-state index contributed by atoms with van der Waals surface area (Å²) in [5.74, 6) is -1.92. The molecule has 0 aromatic carbocycles. The van der Waals surface area contributed by atoms with E-state index in [4.69, 9.17) is 4.74 Å². The van der Waals surface area contributed by atoms with Gasteiger partial charge in [0.05, 0.1) is 6.10 Å². The van der Waals surface area contributed by atoms with Crippen molar-refractivity contribution in [3.8, 4) is 0 Å². The van der Waals surface area contributed by atoms with Crippen molar-refractivity contribution >= 4 is 17.5 Å². The molecular formula is C27H37FO5. The Morgan fingerprint density at radius 3 is 2.48 bits per heavy atom. The Kier molecular flexibility index (Phi) is 5.59. The lowest BCUT2D eigenvalue weighted by Gasteiger charge is -2.63. The predicted molar refractivity (Wildman–Crippen MR) is 122 cm³/mol. The lowest BCUT2D eigenvalue weighted by Crippen LogP contribution is -2.70. The highest BCUT2D eigenvalue weighted by molar-refractivity contribution is 6.01. The number of allylic oxidation sites excluding steroid dienone is 4. The summed E-state index contributed by atoms with van der Waals surface area (Å²) < 4.78 is 23.4. The second-order valence-electron chi connectivity index (χ2n) is 11.4. The van der Waals surface area contributed by atoms with Crippen molar-refractivity contribution in [3.63, 3.8) is 0 Å². The van der Waals surface area contributed by atoms with Gasteiger partial charge in [0.15, 0.2) is 22.8 Å². The van der Waals surface area contributed by atoms with Crippen molar-refractivity contribution < 1.29 is 28.6 Å². The fraction of sp³-hybridized carbons (Fsp3) is 0.741. The minimum Gasteiger partial charge on any atom is -0.450 e. The third-order valence-electron chi connectivity index (χ3n) is 9.76. The van der Waals surface area contributed by atoms with Crippen molar-refractivity contribution in [2.45, 2.75) is 91.0 Å². The van der Waals surface area contributed by atoms with Crippen molar-refractivity contribution in [2.24, 2.45) is 34.5 Å². The number of ether oxygens (including phenoxy) is 1. The Balaban J connectivity index is 1.85. The number of aliphatic hydroxyl groups is 1. The van der Waals surface area contributed by atoms with Crippen LogP contribution in [-0.2, 0) is 19.1 Å². The van der Waals surface area contributed by atoms with Gasteiger partial charge in [-0.3, -0.25) is 14.4 Å². The van der Waals surface area contributed by atoms with Gasteiger partial charge in [0.2, 0.25) is 0 Å². The number of hydrogen-bond acceptors (Lipinski definition) is 5. The molecule has 6 heteroatoms. The Labute approximate surface area is 195 Å². The lowest BCUT2D eigenvalue weighted by molar-refractivity contribution is -0.229. The van der Waals surface area contributed by atoms with Gasteiger partial charge in [-0.1, -0.05) is 39.3 Å². The third kappa shape index (κ3) is 2.88. The van der Waals surface area contributed by atoms with E-state index in [0.29, 0.717) is 19.3 Å². The summed E-state index contributed by atoms with van der Waals surface area (Å²) in [4.78, 5) is 38.0. The van der Waals surface area contributed by atoms with E-state index < -0.39 is 40.1 Å². The number of hydrogen-bond donors (Lipinski definition) is 1. The number of esters is 1. The quantitative estimate of drug-likeness (QED) is 0.624. The molecule has 1 N–H and O–H groups in total. The van der Waals surface area contributed by atoms with Crippen molar-refractivity contribution in [2.75, 3.05) is 0 Å². The summed E-state index contributed by atoms with van der Waals surface area (Å²) in [5.41, 5.74) is -4.62. The molecule has 33 heavy (non-hydrogen) atoms. The van der Waals surface area contributed by atoms with Crippen LogP contribution < -0.4 is 0 Å². The summed E-state index contributed by atoms with van der Waals surface area (Å²) in [5, 5.41) is 11.5. The Morgan fingerprint density at radius 2 is 1.88 bits per heavy atom. The van der Waals surface area contributed by atoms with Crippen molar-refractivity contribution in [1.29, 1.82) is 0 Å². The molecular weight excluding hydrogens is 423 g/mol. The van der Waals surface area contributed by atoms with E-state index in [1.807, 2.05) is 27.7 Å². The Morgan fingerprint density at radius 1 is 1.21 bits per heavy atom. The molecule has 4 rings (SSSR count). The van der Waals surface area contributed by atoms with Crippen LogP contribution in [0.2, 0.25) is 0 Å². The van der Waals surface area contributed by atoms with E-state index in [0.717, 1.165) is 5.57 Å². The Bertz CT molecular complexity index is 954. The highest BCUT2D eigenvalue weighted by atomic mass is 19.1. The van der Waals surface area contributed by atoms with E-state index in [-0.39, 0.29) is 42.2 Å². The zero-order valence-electron chi connectivity index (χ0n) is 20.6. The van der Waals surface area contributed by atoms with E-state index >= 15 is 4.39 Å². The van der Waals surface area contributed by atoms with Crippen LogP contribution in [0.4, 0.5) is 4.39 Å². The number of rotatable bonds is 4. The van der Waals surface area contributed by atoms with E-state index in [1.165, 1.54) is 19.1 Å². The van der Waals surface area contributed by atoms with E-state index in [9.17, 15) is 19.5 Å². The van der Waals surface area contributed by atoms with Gasteiger partial charge >= 0.3 is 5.97 Å². The highest BCUT2D eigenvalue weighted by Crippen LogP contribution is 2.72. The van der Waals surface area contributed by atoms with Crippen LogP contribution in [0.5, 0.6) is 0 Å². The van der Waals surface area contributed by atoms with Crippen molar-refractivity contribution in [3.05, 3.63) is 23.8 Å². The monoisotopic (exact) mass is 460 g/mol. The van der Waals surface area contributed by atoms with Gasteiger partial charge in [-0.15, -0.1) is 0 Å². The summed E-state index contributed by atoms with van der Waals surface area (Å²) in [6.07, 6.45) is 5.07. The third-order valence-corrected chi connectivity index (χ3v) is 9.76. The van der Waals surface area contributed by atoms with Crippen LogP contribution in [0, 0.1) is 34.5 Å². The molecule has 5 nitrogen and oxygen atoms in total. The van der Waals surface area contributed by atoms with Gasteiger partial charge < -0.3 is 9.84 Å². The molecule has 0 aliphatic heterocycles. The second kappa shape index (κ2) is 7.59. The molecule has 0 unspecified atom stereocenters. The van der Waals surface area contributed by atoms with E-state index in [2.05, 4.69) is 0 Å². The first kappa shape index (κ1) is 24.3. The maximum absolute atomic E-state index is 17.4. The van der Waals surface area contributed by atoms with Crippen LogP contribution in [0.1, 0.15) is 73.6 Å². The van der Waals surface area contributed by atoms with Crippen molar-refractivity contribution in [1.82, 2.24) is 0 Å². The average molecular weight is 461 g/mol. The normalized spacial score (nSPS) is 48.4. The minimum atomic E-state index is -1.98. The van der Waals surface area contributed by atoms with Gasteiger partial charge in [-0.2, -0.15) is 0 Å². The largest absolute Gasteiger partial charge is 0.450 e. The molecule has 0 aromatic rings. The molecule has 0 aromatic heterocycles. The van der Waals surface area contributed by atoms with Gasteiger partial charge in [-0.05, 0) is 63.5 Å². The standard InChI is InChI=1S/C27H37FO5/c1-7-8-23(32)33-27(17(4)29)16(3)12-20-21-11-15(2)19-13-18(30)9-10-24(19,5)26(21,28)22(31)14-25(20,27)6/h9-10,13,15-16,20-22,31H,7-8,11-12,14H2,1-6H3/t15-,16-,20-,21-,22-,24-,25-,26-,27-/m0/s1. The SMILES string of the molecule is CCCC(=O)O[C@]1(C(C)=O)[C@@H](C)C[C@H]2[C@@H]3C[C@H](C)C4=CC(=O)C=C[C@]4(C)[C@@]3(F)[C@@H](O)C[C@@]21C. The molecule has 9 atom stereocenters. The molecule has 182 valence electrons. The summed E-state index contributed by atoms with van der Waals surface area (Å²) in [6, 6.07) is 0. The molecule has 0 saturated heterocycles. The van der Waals surface area contributed by atoms with Gasteiger partial charge in [0, 0.05) is 29.1 Å². The second-order valence-corrected chi connectivity index (χ2v) is 11.4. The molecule has 0 spiro atoms. The summed E-state index contributed by atoms with van der Waals surface area (Å²) in [7, 11) is 0. The number of carbonyl (C=O) groups excluding carboxylic acids is 3. The molecule has 0 heterocycles. The number of ketones is 2. The minimum absolute atomic E-state index is 0.0209. The molecule has 4 aliphatic rings. The number of Topliss-reactive ketones (excluding diaryl/α,β-unsaturated/α-hetero) is 1. The molecule has 0 bridgehead atoms. The number of alkyl halides is 1. The van der Waals surface area contributed by atoms with Crippen LogP contribution in [0.15, 0.2) is 23.8 Å². The molecule has 3 fully saturated rings. The number of carbonyl (C=O) groups is 3. The maximum Gasteiger partial charge on any atom is 0.306 e. The molecule has 0 radical (unpaired) electrons. The first-order chi connectivity index (χ1) is 15.3. The van der Waals surface area contributed by atoms with Crippen LogP contribution in [0.3, 0.4) is 0 Å². The number of aliphatic hydroxyl groups excluding tert-OH is 1. The predicted octanol–water partition coefficient (Wildman–Crippen LogP) is 4.52. The summed E-state index contributed by atoms with van der Waals surface area (Å²) in [6.45, 7) is 10.9. The van der Waals surface area contributed by atoms with Crippen LogP contribution in [-0.4, -0.2) is 40.0 Å². The first-order valence-electron chi connectivity index (χ1n) is 12.3. The zero-order valence-corrected chi connectivity index (χ0v) is 20.6. The van der Waals surface area contributed by atoms with Crippen LogP contribution in [0.25, 0.3) is 0 Å². The maximum atomic E-state index is 17.4. The lowest BCUT2D eigenvalue weighted by atomic mass is 9.43. The van der Waals surface area contributed by atoms with Gasteiger partial charge in [0.1, 0.15) is 0 Å². The molecule has 4 aliphatic carbocycles. The fourth-order valence-corrected chi connectivity index (χ4v) is 8.39.